The first-order valence-corrected chi connectivity index (χ1v) is 11.3. The van der Waals surface area contributed by atoms with Gasteiger partial charge < -0.3 is 4.74 Å². The topological polar surface area (TPSA) is 41.9 Å². The number of methoxy groups -OCH3 is 1. The first-order valence-electron chi connectivity index (χ1n) is 9.32. The molecular formula is C23H18BrClN2O2S. The van der Waals surface area contributed by atoms with Gasteiger partial charge in [-0.15, -0.1) is 0 Å². The van der Waals surface area contributed by atoms with Crippen molar-refractivity contribution in [3.05, 3.63) is 74.6 Å². The van der Waals surface area contributed by atoms with Crippen LogP contribution < -0.4 is 4.74 Å². The van der Waals surface area contributed by atoms with Crippen LogP contribution >= 0.6 is 39.3 Å². The fourth-order valence-electron chi connectivity index (χ4n) is 3.27. The number of amidine groups is 1. The Morgan fingerprint density at radius 2 is 2.00 bits per heavy atom. The van der Waals surface area contributed by atoms with E-state index in [1.807, 2.05) is 61.5 Å². The number of carbonyl (C=O) groups excluding carboxylic acids is 1. The second kappa shape index (κ2) is 8.84. The zero-order chi connectivity index (χ0) is 21.3. The number of halogens is 2. The van der Waals surface area contributed by atoms with E-state index in [9.17, 15) is 4.79 Å². The Bertz CT molecular complexity index is 1210. The lowest BCUT2D eigenvalue weighted by Gasteiger charge is -2.12. The number of carbonyl (C=O) groups is 1. The number of thioether (sulfide) groups is 1. The van der Waals surface area contributed by atoms with Crippen LogP contribution in [-0.2, 0) is 4.79 Å². The van der Waals surface area contributed by atoms with Gasteiger partial charge in [-0.2, -0.15) is 0 Å². The number of hydrogen-bond acceptors (Lipinski definition) is 4. The van der Waals surface area contributed by atoms with E-state index >= 15 is 0 Å². The van der Waals surface area contributed by atoms with E-state index in [0.717, 1.165) is 26.6 Å². The van der Waals surface area contributed by atoms with E-state index in [2.05, 4.69) is 20.9 Å². The molecule has 1 heterocycles. The van der Waals surface area contributed by atoms with E-state index in [0.29, 0.717) is 27.3 Å². The molecule has 1 saturated heterocycles. The van der Waals surface area contributed by atoms with Crippen LogP contribution in [0.15, 0.2) is 69.0 Å². The molecule has 0 unspecified atom stereocenters. The maximum atomic E-state index is 13.1. The first-order chi connectivity index (χ1) is 14.5. The van der Waals surface area contributed by atoms with Gasteiger partial charge in [-0.05, 0) is 75.7 Å². The standard InChI is InChI=1S/C23H18BrClN2O2S/c1-3-27-22(28)21(30-23(27)26-15-9-10-18(24)19(25)12-15)13-17-16-7-5-4-6-14(16)8-11-20(17)29-2/h4-13H,3H2,1-2H3/b21-13+,26-23?. The zero-order valence-corrected chi connectivity index (χ0v) is 19.5. The van der Waals surface area contributed by atoms with E-state index < -0.39 is 0 Å². The Morgan fingerprint density at radius 3 is 2.73 bits per heavy atom. The molecule has 7 heteroatoms. The van der Waals surface area contributed by atoms with E-state index in [1.54, 1.807) is 18.1 Å². The molecule has 1 amide bonds. The summed E-state index contributed by atoms with van der Waals surface area (Å²) in [7, 11) is 1.64. The number of benzene rings is 3. The van der Waals surface area contributed by atoms with Crippen LogP contribution in [0.25, 0.3) is 16.8 Å². The minimum absolute atomic E-state index is 0.0700. The van der Waals surface area contributed by atoms with Crippen molar-refractivity contribution >= 4 is 72.9 Å². The summed E-state index contributed by atoms with van der Waals surface area (Å²) in [6, 6.07) is 17.5. The predicted octanol–water partition coefficient (Wildman–Crippen LogP) is 6.89. The molecule has 0 radical (unpaired) electrons. The normalized spacial score (nSPS) is 16.8. The number of ether oxygens (including phenoxy) is 1. The van der Waals surface area contributed by atoms with Gasteiger partial charge in [0.15, 0.2) is 5.17 Å². The van der Waals surface area contributed by atoms with Crippen LogP contribution in [-0.4, -0.2) is 29.6 Å². The summed E-state index contributed by atoms with van der Waals surface area (Å²) in [5, 5.41) is 3.33. The Kier molecular flexibility index (Phi) is 6.18. The second-order valence-corrected chi connectivity index (χ2v) is 8.83. The van der Waals surface area contributed by atoms with Crippen LogP contribution in [0, 0.1) is 0 Å². The van der Waals surface area contributed by atoms with E-state index in [4.69, 9.17) is 16.3 Å². The summed E-state index contributed by atoms with van der Waals surface area (Å²) in [6.45, 7) is 2.46. The summed E-state index contributed by atoms with van der Waals surface area (Å²) >= 11 is 10.9. The number of nitrogens with zero attached hydrogens (tertiary/aromatic N) is 2. The van der Waals surface area contributed by atoms with E-state index in [1.165, 1.54) is 11.8 Å². The Morgan fingerprint density at radius 1 is 1.20 bits per heavy atom. The van der Waals surface area contributed by atoms with Crippen molar-refractivity contribution < 1.29 is 9.53 Å². The largest absolute Gasteiger partial charge is 0.496 e. The molecule has 0 bridgehead atoms. The number of aliphatic imine (C=N–C) groups is 1. The van der Waals surface area contributed by atoms with Crippen LogP contribution in [0.3, 0.4) is 0 Å². The minimum atomic E-state index is -0.0700. The van der Waals surface area contributed by atoms with Gasteiger partial charge in [0.25, 0.3) is 5.91 Å². The highest BCUT2D eigenvalue weighted by molar-refractivity contribution is 9.10. The summed E-state index contributed by atoms with van der Waals surface area (Å²) in [5.74, 6) is 0.655. The van der Waals surface area contributed by atoms with Gasteiger partial charge in [-0.1, -0.05) is 41.9 Å². The lowest BCUT2D eigenvalue weighted by atomic mass is 10.0. The van der Waals surface area contributed by atoms with Crippen molar-refractivity contribution in [1.82, 2.24) is 4.90 Å². The summed E-state index contributed by atoms with van der Waals surface area (Å²) in [6.07, 6.45) is 1.90. The molecule has 1 aliphatic rings. The molecule has 0 aromatic heterocycles. The molecule has 3 aromatic carbocycles. The fourth-order valence-corrected chi connectivity index (χ4v) is 4.73. The van der Waals surface area contributed by atoms with Crippen molar-refractivity contribution in [2.24, 2.45) is 4.99 Å². The second-order valence-electron chi connectivity index (χ2n) is 6.56. The van der Waals surface area contributed by atoms with Gasteiger partial charge >= 0.3 is 0 Å². The van der Waals surface area contributed by atoms with Crippen molar-refractivity contribution in [2.45, 2.75) is 6.92 Å². The number of fused-ring (bicyclic) bond motifs is 1. The molecular weight excluding hydrogens is 484 g/mol. The van der Waals surface area contributed by atoms with Crippen molar-refractivity contribution in [2.75, 3.05) is 13.7 Å². The highest BCUT2D eigenvalue weighted by Gasteiger charge is 2.32. The van der Waals surface area contributed by atoms with Gasteiger partial charge in [0.2, 0.25) is 0 Å². The predicted molar refractivity (Wildman–Crippen MR) is 130 cm³/mol. The van der Waals surface area contributed by atoms with Gasteiger partial charge in [-0.25, -0.2) is 4.99 Å². The molecule has 1 aliphatic heterocycles. The van der Waals surface area contributed by atoms with Crippen LogP contribution in [0.2, 0.25) is 5.02 Å². The average molecular weight is 502 g/mol. The maximum absolute atomic E-state index is 13.1. The Hall–Kier alpha value is -2.28. The summed E-state index contributed by atoms with van der Waals surface area (Å²) in [5.41, 5.74) is 1.58. The third-order valence-electron chi connectivity index (χ3n) is 4.76. The number of amides is 1. The molecule has 4 nitrogen and oxygen atoms in total. The van der Waals surface area contributed by atoms with Gasteiger partial charge in [0.05, 0.1) is 22.7 Å². The average Bonchev–Trinajstić information content (AvgIpc) is 3.05. The van der Waals surface area contributed by atoms with Crippen LogP contribution in [0.1, 0.15) is 12.5 Å². The zero-order valence-electron chi connectivity index (χ0n) is 16.4. The van der Waals surface area contributed by atoms with Crippen molar-refractivity contribution in [3.63, 3.8) is 0 Å². The summed E-state index contributed by atoms with van der Waals surface area (Å²) < 4.78 is 6.38. The molecule has 30 heavy (non-hydrogen) atoms. The molecule has 0 N–H and O–H groups in total. The lowest BCUT2D eigenvalue weighted by molar-refractivity contribution is -0.122. The molecule has 0 saturated carbocycles. The van der Waals surface area contributed by atoms with Crippen LogP contribution in [0.4, 0.5) is 5.69 Å². The molecule has 4 rings (SSSR count). The molecule has 3 aromatic rings. The van der Waals surface area contributed by atoms with Crippen LogP contribution in [0.5, 0.6) is 5.75 Å². The van der Waals surface area contributed by atoms with E-state index in [-0.39, 0.29) is 5.91 Å². The molecule has 152 valence electrons. The smallest absolute Gasteiger partial charge is 0.266 e. The number of hydrogen-bond donors (Lipinski definition) is 0. The third kappa shape index (κ3) is 4.00. The maximum Gasteiger partial charge on any atom is 0.266 e. The van der Waals surface area contributed by atoms with Gasteiger partial charge in [0, 0.05) is 16.6 Å². The van der Waals surface area contributed by atoms with Crippen molar-refractivity contribution in [3.8, 4) is 5.75 Å². The highest BCUT2D eigenvalue weighted by atomic mass is 79.9. The molecule has 0 atom stereocenters. The summed E-state index contributed by atoms with van der Waals surface area (Å²) in [4.78, 5) is 20.0. The number of likely N-dealkylation sites (N-methyl/N-ethyl adjacent to an activating group) is 1. The minimum Gasteiger partial charge on any atom is -0.496 e. The monoisotopic (exact) mass is 500 g/mol. The molecule has 1 fully saturated rings. The Balaban J connectivity index is 1.78. The molecule has 0 spiro atoms. The van der Waals surface area contributed by atoms with Crippen molar-refractivity contribution in [1.29, 1.82) is 0 Å². The Labute approximate surface area is 192 Å². The fraction of sp³-hybridized carbons (Fsp3) is 0.130. The third-order valence-corrected chi connectivity index (χ3v) is 7.00. The SMILES string of the molecule is CCN1C(=O)/C(=C\c2c(OC)ccc3ccccc23)SC1=Nc1ccc(Br)c(Cl)c1. The quantitative estimate of drug-likeness (QED) is 0.366. The number of rotatable bonds is 4. The molecule has 0 aliphatic carbocycles. The van der Waals surface area contributed by atoms with Gasteiger partial charge in [-0.3, -0.25) is 9.69 Å². The lowest BCUT2D eigenvalue weighted by Crippen LogP contribution is -2.28. The highest BCUT2D eigenvalue weighted by Crippen LogP contribution is 2.38. The first kappa shape index (κ1) is 21.0. The van der Waals surface area contributed by atoms with Gasteiger partial charge in [0.1, 0.15) is 5.75 Å².